The summed E-state index contributed by atoms with van der Waals surface area (Å²) in [5, 5.41) is 3.14. The van der Waals surface area contributed by atoms with Gasteiger partial charge in [0.05, 0.1) is 16.0 Å². The molecule has 1 heterocycles. The first-order valence-corrected chi connectivity index (χ1v) is 8.05. The van der Waals surface area contributed by atoms with Crippen molar-refractivity contribution in [1.82, 2.24) is 4.98 Å². The summed E-state index contributed by atoms with van der Waals surface area (Å²) < 4.78 is 14.3. The number of benzene rings is 1. The molecule has 0 fully saturated rings. The van der Waals surface area contributed by atoms with Crippen molar-refractivity contribution >= 4 is 50.9 Å². The van der Waals surface area contributed by atoms with E-state index < -0.39 is 11.1 Å². The minimum Gasteiger partial charge on any atom is -0.323 e. The average molecular weight is 390 g/mol. The van der Waals surface area contributed by atoms with Crippen LogP contribution in [0.15, 0.2) is 46.0 Å². The highest BCUT2D eigenvalue weighted by atomic mass is 79.9. The van der Waals surface area contributed by atoms with E-state index in [1.54, 1.807) is 31.3 Å². The van der Waals surface area contributed by atoms with Gasteiger partial charge in [-0.3, -0.25) is 4.79 Å². The Balaban J connectivity index is 2.04. The number of nitrogens with zero attached hydrogens (tertiary/aromatic N) is 1. The maximum atomic E-state index is 13.7. The lowest BCUT2D eigenvalue weighted by molar-refractivity contribution is -0.115. The van der Waals surface area contributed by atoms with Gasteiger partial charge < -0.3 is 5.32 Å². The molecule has 1 N–H and O–H groups in total. The number of pyridine rings is 1. The predicted octanol–water partition coefficient (Wildman–Crippen LogP) is 4.76. The van der Waals surface area contributed by atoms with E-state index in [9.17, 15) is 9.18 Å². The fraction of sp³-hybridized carbons (Fsp3) is 0.143. The van der Waals surface area contributed by atoms with Crippen LogP contribution in [0.4, 0.5) is 10.1 Å². The van der Waals surface area contributed by atoms with Crippen molar-refractivity contribution in [2.24, 2.45) is 0 Å². The van der Waals surface area contributed by atoms with Crippen molar-refractivity contribution in [3.8, 4) is 0 Å². The van der Waals surface area contributed by atoms with E-state index in [4.69, 9.17) is 11.6 Å². The normalized spacial score (nSPS) is 12.0. The van der Waals surface area contributed by atoms with E-state index in [1.807, 2.05) is 0 Å². The molecule has 0 radical (unpaired) electrons. The fourth-order valence-electron chi connectivity index (χ4n) is 1.50. The van der Waals surface area contributed by atoms with Gasteiger partial charge in [0.1, 0.15) is 10.8 Å². The Bertz CT molecular complexity index is 671. The van der Waals surface area contributed by atoms with Crippen LogP contribution >= 0.6 is 39.3 Å². The Labute approximate surface area is 139 Å². The van der Waals surface area contributed by atoms with E-state index in [2.05, 4.69) is 26.2 Å². The van der Waals surface area contributed by atoms with Crippen LogP contribution in [0.25, 0.3) is 0 Å². The first-order chi connectivity index (χ1) is 9.97. The van der Waals surface area contributed by atoms with Gasteiger partial charge in [-0.05, 0) is 37.3 Å². The monoisotopic (exact) mass is 388 g/mol. The molecule has 0 aliphatic heterocycles. The van der Waals surface area contributed by atoms with Gasteiger partial charge in [-0.2, -0.15) is 0 Å². The van der Waals surface area contributed by atoms with Gasteiger partial charge in [-0.25, -0.2) is 9.37 Å². The van der Waals surface area contributed by atoms with Gasteiger partial charge in [0.2, 0.25) is 5.91 Å². The molecule has 110 valence electrons. The van der Waals surface area contributed by atoms with E-state index in [-0.39, 0.29) is 11.6 Å². The van der Waals surface area contributed by atoms with E-state index in [1.165, 1.54) is 23.9 Å². The van der Waals surface area contributed by atoms with Gasteiger partial charge in [0, 0.05) is 10.7 Å². The molecule has 0 aliphatic rings. The van der Waals surface area contributed by atoms with Crippen molar-refractivity contribution in [1.29, 1.82) is 0 Å². The molecule has 1 amide bonds. The molecule has 2 rings (SSSR count). The molecule has 2 aromatic rings. The largest absolute Gasteiger partial charge is 0.323 e. The third kappa shape index (κ3) is 4.43. The SMILES string of the molecule is CC(Sc1ncccc1Cl)C(=O)Nc1ccc(Br)cc1F. The lowest BCUT2D eigenvalue weighted by atomic mass is 10.3. The van der Waals surface area contributed by atoms with Gasteiger partial charge >= 0.3 is 0 Å². The molecule has 0 spiro atoms. The van der Waals surface area contributed by atoms with Crippen molar-refractivity contribution in [2.45, 2.75) is 17.2 Å². The van der Waals surface area contributed by atoms with Crippen molar-refractivity contribution in [3.05, 3.63) is 51.8 Å². The van der Waals surface area contributed by atoms with Crippen LogP contribution in [-0.2, 0) is 4.79 Å². The minimum atomic E-state index is -0.495. The van der Waals surface area contributed by atoms with E-state index >= 15 is 0 Å². The summed E-state index contributed by atoms with van der Waals surface area (Å²) in [5.74, 6) is -0.811. The zero-order valence-corrected chi connectivity index (χ0v) is 14.1. The number of rotatable bonds is 4. The summed E-state index contributed by atoms with van der Waals surface area (Å²) in [7, 11) is 0. The molecule has 1 aromatic carbocycles. The van der Waals surface area contributed by atoms with Gasteiger partial charge in [-0.1, -0.05) is 39.3 Å². The number of carbonyl (C=O) groups excluding carboxylic acids is 1. The summed E-state index contributed by atoms with van der Waals surface area (Å²) in [4.78, 5) is 16.2. The number of halogens is 3. The maximum absolute atomic E-state index is 13.7. The predicted molar refractivity (Wildman–Crippen MR) is 87.3 cm³/mol. The highest BCUT2D eigenvalue weighted by molar-refractivity contribution is 9.10. The lowest BCUT2D eigenvalue weighted by Crippen LogP contribution is -2.23. The Hall–Kier alpha value is -1.11. The maximum Gasteiger partial charge on any atom is 0.237 e. The summed E-state index contributed by atoms with van der Waals surface area (Å²) in [6.45, 7) is 1.71. The van der Waals surface area contributed by atoms with Crippen molar-refractivity contribution in [2.75, 3.05) is 5.32 Å². The summed E-state index contributed by atoms with van der Waals surface area (Å²) in [6, 6.07) is 7.88. The summed E-state index contributed by atoms with van der Waals surface area (Å²) in [6.07, 6.45) is 1.60. The van der Waals surface area contributed by atoms with Crippen LogP contribution in [0.3, 0.4) is 0 Å². The zero-order valence-electron chi connectivity index (χ0n) is 10.9. The van der Waals surface area contributed by atoms with Crippen LogP contribution in [0.5, 0.6) is 0 Å². The highest BCUT2D eigenvalue weighted by Gasteiger charge is 2.18. The molecule has 7 heteroatoms. The topological polar surface area (TPSA) is 42.0 Å². The first kappa shape index (κ1) is 16.3. The van der Waals surface area contributed by atoms with Gasteiger partial charge in [0.25, 0.3) is 0 Å². The van der Waals surface area contributed by atoms with Gasteiger partial charge in [0.15, 0.2) is 0 Å². The number of hydrogen-bond acceptors (Lipinski definition) is 3. The molecule has 3 nitrogen and oxygen atoms in total. The highest BCUT2D eigenvalue weighted by Crippen LogP contribution is 2.28. The molecule has 1 atom stereocenters. The molecule has 21 heavy (non-hydrogen) atoms. The number of carbonyl (C=O) groups is 1. The average Bonchev–Trinajstić information content (AvgIpc) is 2.44. The quantitative estimate of drug-likeness (QED) is 0.767. The molecule has 0 saturated heterocycles. The molecular weight excluding hydrogens is 379 g/mol. The van der Waals surface area contributed by atoms with Crippen molar-refractivity contribution in [3.63, 3.8) is 0 Å². The standard InChI is InChI=1S/C14H11BrClFN2OS/c1-8(21-14-10(16)3-2-6-18-14)13(20)19-12-5-4-9(15)7-11(12)17/h2-8H,1H3,(H,19,20). The van der Waals surface area contributed by atoms with Crippen LogP contribution in [0, 0.1) is 5.82 Å². The van der Waals surface area contributed by atoms with Crippen LogP contribution in [0.1, 0.15) is 6.92 Å². The molecular formula is C14H11BrClFN2OS. The minimum absolute atomic E-state index is 0.141. The molecule has 1 aromatic heterocycles. The second-order valence-corrected chi connectivity index (χ2v) is 6.82. The molecule has 0 saturated carbocycles. The Kier molecular flexibility index (Phi) is 5.61. The number of nitrogens with one attached hydrogen (secondary N) is 1. The van der Waals surface area contributed by atoms with Crippen LogP contribution in [-0.4, -0.2) is 16.1 Å². The molecule has 0 bridgehead atoms. The first-order valence-electron chi connectivity index (χ1n) is 6.00. The smallest absolute Gasteiger partial charge is 0.237 e. The van der Waals surface area contributed by atoms with Crippen LogP contribution in [0.2, 0.25) is 5.02 Å². The second kappa shape index (κ2) is 7.24. The number of aromatic nitrogens is 1. The third-order valence-electron chi connectivity index (χ3n) is 2.57. The second-order valence-electron chi connectivity index (χ2n) is 4.16. The molecule has 1 unspecified atom stereocenters. The Morgan fingerprint density at radius 2 is 2.24 bits per heavy atom. The van der Waals surface area contributed by atoms with E-state index in [0.29, 0.717) is 14.5 Å². The number of hydrogen-bond donors (Lipinski definition) is 1. The fourth-order valence-corrected chi connectivity index (χ4v) is 2.90. The number of anilines is 1. The Morgan fingerprint density at radius 1 is 1.48 bits per heavy atom. The Morgan fingerprint density at radius 3 is 2.90 bits per heavy atom. The zero-order chi connectivity index (χ0) is 15.4. The third-order valence-corrected chi connectivity index (χ3v) is 4.60. The number of thioether (sulfide) groups is 1. The van der Waals surface area contributed by atoms with Crippen molar-refractivity contribution < 1.29 is 9.18 Å². The van der Waals surface area contributed by atoms with E-state index in [0.717, 1.165) is 0 Å². The van der Waals surface area contributed by atoms with Crippen LogP contribution < -0.4 is 5.32 Å². The summed E-state index contributed by atoms with van der Waals surface area (Å²) in [5.41, 5.74) is 0.141. The molecule has 0 aliphatic carbocycles. The number of amides is 1. The lowest BCUT2D eigenvalue weighted by Gasteiger charge is -2.12. The summed E-state index contributed by atoms with van der Waals surface area (Å²) >= 11 is 10.4. The van der Waals surface area contributed by atoms with Gasteiger partial charge in [-0.15, -0.1) is 0 Å².